The lowest BCUT2D eigenvalue weighted by molar-refractivity contribution is -0.141. The predicted octanol–water partition coefficient (Wildman–Crippen LogP) is 2.39. The minimum atomic E-state index is -0.864. The van der Waals surface area contributed by atoms with E-state index < -0.39 is 11.9 Å². The average Bonchev–Trinajstić information content (AvgIpc) is 2.32. The number of hydrogen-bond donors (Lipinski definition) is 1. The molecule has 0 bridgehead atoms. The lowest BCUT2D eigenvalue weighted by Crippen LogP contribution is -2.31. The lowest BCUT2D eigenvalue weighted by Gasteiger charge is -2.21. The molecule has 1 aromatic carbocycles. The van der Waals surface area contributed by atoms with Crippen LogP contribution in [-0.2, 0) is 11.3 Å². The Labute approximate surface area is 111 Å². The van der Waals surface area contributed by atoms with E-state index in [1.165, 1.54) is 0 Å². The van der Waals surface area contributed by atoms with Crippen molar-refractivity contribution in [3.05, 3.63) is 34.9 Å². The van der Waals surface area contributed by atoms with E-state index in [0.717, 1.165) is 5.56 Å². The van der Waals surface area contributed by atoms with Gasteiger partial charge >= 0.3 is 5.97 Å². The SMILES string of the molecule is CC(CN(CC#N)Cc1ccccc1Cl)C(=O)O. The van der Waals surface area contributed by atoms with Crippen molar-refractivity contribution in [3.8, 4) is 6.07 Å². The summed E-state index contributed by atoms with van der Waals surface area (Å²) in [5, 5.41) is 18.3. The molecule has 4 nitrogen and oxygen atoms in total. The van der Waals surface area contributed by atoms with Gasteiger partial charge in [-0.2, -0.15) is 5.26 Å². The number of carboxylic acid groups (broad SMARTS) is 1. The molecule has 1 N–H and O–H groups in total. The largest absolute Gasteiger partial charge is 0.481 e. The molecule has 0 radical (unpaired) electrons. The maximum atomic E-state index is 10.8. The van der Waals surface area contributed by atoms with Crippen LogP contribution in [0.2, 0.25) is 5.02 Å². The molecule has 0 aromatic heterocycles. The monoisotopic (exact) mass is 266 g/mol. The third-order valence-electron chi connectivity index (χ3n) is 2.60. The summed E-state index contributed by atoms with van der Waals surface area (Å²) in [6, 6.07) is 9.40. The summed E-state index contributed by atoms with van der Waals surface area (Å²) in [5.74, 6) is -1.38. The first-order valence-electron chi connectivity index (χ1n) is 5.60. The van der Waals surface area contributed by atoms with Gasteiger partial charge in [-0.1, -0.05) is 36.7 Å². The fraction of sp³-hybridized carbons (Fsp3) is 0.385. The molecule has 0 aliphatic rings. The highest BCUT2D eigenvalue weighted by atomic mass is 35.5. The highest BCUT2D eigenvalue weighted by Crippen LogP contribution is 2.17. The van der Waals surface area contributed by atoms with Gasteiger partial charge in [0.25, 0.3) is 0 Å². The Morgan fingerprint density at radius 2 is 2.22 bits per heavy atom. The van der Waals surface area contributed by atoms with E-state index in [0.29, 0.717) is 18.1 Å². The van der Waals surface area contributed by atoms with Crippen molar-refractivity contribution in [1.29, 1.82) is 5.26 Å². The summed E-state index contributed by atoms with van der Waals surface area (Å²) in [6.45, 7) is 2.61. The van der Waals surface area contributed by atoms with Crippen LogP contribution in [0.5, 0.6) is 0 Å². The fourth-order valence-electron chi connectivity index (χ4n) is 1.62. The van der Waals surface area contributed by atoms with E-state index in [-0.39, 0.29) is 6.54 Å². The number of carboxylic acids is 1. The van der Waals surface area contributed by atoms with Crippen molar-refractivity contribution in [2.45, 2.75) is 13.5 Å². The molecule has 1 rings (SSSR count). The molecule has 0 saturated carbocycles. The van der Waals surface area contributed by atoms with Crippen molar-refractivity contribution < 1.29 is 9.90 Å². The number of hydrogen-bond acceptors (Lipinski definition) is 3. The number of benzene rings is 1. The van der Waals surface area contributed by atoms with E-state index in [9.17, 15) is 4.79 Å². The third kappa shape index (κ3) is 4.36. The van der Waals surface area contributed by atoms with Gasteiger partial charge < -0.3 is 5.11 Å². The molecule has 0 aliphatic carbocycles. The van der Waals surface area contributed by atoms with E-state index in [1.54, 1.807) is 17.9 Å². The Balaban J connectivity index is 2.72. The smallest absolute Gasteiger partial charge is 0.307 e. The molecule has 1 unspecified atom stereocenters. The van der Waals surface area contributed by atoms with Gasteiger partial charge in [-0.05, 0) is 11.6 Å². The third-order valence-corrected chi connectivity index (χ3v) is 2.97. The van der Waals surface area contributed by atoms with Crippen molar-refractivity contribution in [2.24, 2.45) is 5.92 Å². The fourth-order valence-corrected chi connectivity index (χ4v) is 1.81. The molecule has 1 atom stereocenters. The van der Waals surface area contributed by atoms with Crippen LogP contribution in [0.1, 0.15) is 12.5 Å². The first kappa shape index (κ1) is 14.5. The van der Waals surface area contributed by atoms with Gasteiger partial charge in [0.2, 0.25) is 0 Å². The van der Waals surface area contributed by atoms with Crippen LogP contribution in [0.4, 0.5) is 0 Å². The average molecular weight is 267 g/mol. The summed E-state index contributed by atoms with van der Waals surface area (Å²) < 4.78 is 0. The van der Waals surface area contributed by atoms with Gasteiger partial charge in [0, 0.05) is 18.1 Å². The molecule has 1 aromatic rings. The molecule has 96 valence electrons. The van der Waals surface area contributed by atoms with Crippen LogP contribution in [0.15, 0.2) is 24.3 Å². The van der Waals surface area contributed by atoms with Gasteiger partial charge in [-0.25, -0.2) is 0 Å². The Bertz CT molecular complexity index is 457. The molecule has 0 spiro atoms. The molecule has 0 heterocycles. The maximum absolute atomic E-state index is 10.8. The topological polar surface area (TPSA) is 64.3 Å². The summed E-state index contributed by atoms with van der Waals surface area (Å²) in [6.07, 6.45) is 0. The van der Waals surface area contributed by atoms with Gasteiger partial charge in [-0.15, -0.1) is 0 Å². The molecule has 0 aliphatic heterocycles. The number of halogens is 1. The lowest BCUT2D eigenvalue weighted by atomic mass is 10.1. The highest BCUT2D eigenvalue weighted by molar-refractivity contribution is 6.31. The number of aliphatic carboxylic acids is 1. The number of nitriles is 1. The van der Waals surface area contributed by atoms with Crippen LogP contribution in [-0.4, -0.2) is 29.1 Å². The first-order valence-corrected chi connectivity index (χ1v) is 5.98. The Morgan fingerprint density at radius 3 is 2.78 bits per heavy atom. The molecule has 0 fully saturated rings. The minimum absolute atomic E-state index is 0.183. The molecular formula is C13H15ClN2O2. The Morgan fingerprint density at radius 1 is 1.56 bits per heavy atom. The highest BCUT2D eigenvalue weighted by Gasteiger charge is 2.16. The number of carbonyl (C=O) groups is 1. The predicted molar refractivity (Wildman–Crippen MR) is 69.1 cm³/mol. The normalized spacial score (nSPS) is 12.1. The zero-order chi connectivity index (χ0) is 13.5. The maximum Gasteiger partial charge on any atom is 0.307 e. The molecule has 0 saturated heterocycles. The van der Waals surface area contributed by atoms with Crippen LogP contribution in [0.3, 0.4) is 0 Å². The first-order chi connectivity index (χ1) is 8.54. The van der Waals surface area contributed by atoms with Crippen molar-refractivity contribution in [1.82, 2.24) is 4.90 Å². The summed E-state index contributed by atoms with van der Waals surface area (Å²) in [4.78, 5) is 12.6. The Hall–Kier alpha value is -1.57. The van der Waals surface area contributed by atoms with Crippen LogP contribution in [0.25, 0.3) is 0 Å². The second-order valence-electron chi connectivity index (χ2n) is 4.16. The van der Waals surface area contributed by atoms with E-state index in [4.69, 9.17) is 22.0 Å². The van der Waals surface area contributed by atoms with Crippen LogP contribution >= 0.6 is 11.6 Å². The second kappa shape index (κ2) is 7.00. The molecule has 0 amide bonds. The van der Waals surface area contributed by atoms with Crippen molar-refractivity contribution >= 4 is 17.6 Å². The molecule has 18 heavy (non-hydrogen) atoms. The molecule has 5 heteroatoms. The van der Waals surface area contributed by atoms with E-state index in [1.807, 2.05) is 24.3 Å². The van der Waals surface area contributed by atoms with Crippen LogP contribution < -0.4 is 0 Å². The van der Waals surface area contributed by atoms with Crippen molar-refractivity contribution in [2.75, 3.05) is 13.1 Å². The van der Waals surface area contributed by atoms with Gasteiger partial charge in [0.1, 0.15) is 0 Å². The van der Waals surface area contributed by atoms with Crippen LogP contribution in [0, 0.1) is 17.2 Å². The zero-order valence-electron chi connectivity index (χ0n) is 10.1. The quantitative estimate of drug-likeness (QED) is 0.803. The van der Waals surface area contributed by atoms with Crippen molar-refractivity contribution in [3.63, 3.8) is 0 Å². The standard InChI is InChI=1S/C13H15ClN2O2/c1-10(13(17)18)8-16(7-6-15)9-11-4-2-3-5-12(11)14/h2-5,10H,7-9H2,1H3,(H,17,18). The Kier molecular flexibility index (Phi) is 5.63. The van der Waals surface area contributed by atoms with E-state index in [2.05, 4.69) is 0 Å². The van der Waals surface area contributed by atoms with E-state index >= 15 is 0 Å². The summed E-state index contributed by atoms with van der Waals surface area (Å²) in [5.41, 5.74) is 0.895. The summed E-state index contributed by atoms with van der Waals surface area (Å²) >= 11 is 6.04. The number of nitrogens with zero attached hydrogens (tertiary/aromatic N) is 2. The van der Waals surface area contributed by atoms with Gasteiger partial charge in [0.15, 0.2) is 0 Å². The molecular weight excluding hydrogens is 252 g/mol. The van der Waals surface area contributed by atoms with Gasteiger partial charge in [-0.3, -0.25) is 9.69 Å². The zero-order valence-corrected chi connectivity index (χ0v) is 10.9. The van der Waals surface area contributed by atoms with Gasteiger partial charge in [0.05, 0.1) is 18.5 Å². The number of rotatable bonds is 6. The second-order valence-corrected chi connectivity index (χ2v) is 4.57. The minimum Gasteiger partial charge on any atom is -0.481 e. The summed E-state index contributed by atoms with van der Waals surface area (Å²) in [7, 11) is 0.